The van der Waals surface area contributed by atoms with Gasteiger partial charge in [0.1, 0.15) is 12.1 Å². The molecule has 2 N–H and O–H groups in total. The van der Waals surface area contributed by atoms with E-state index >= 15 is 0 Å². The quantitative estimate of drug-likeness (QED) is 0.880. The van der Waals surface area contributed by atoms with Gasteiger partial charge in [0.2, 0.25) is 0 Å². The van der Waals surface area contributed by atoms with Crippen LogP contribution in [0.1, 0.15) is 49.8 Å². The van der Waals surface area contributed by atoms with Gasteiger partial charge in [0.15, 0.2) is 0 Å². The van der Waals surface area contributed by atoms with Crippen molar-refractivity contribution >= 4 is 5.82 Å². The molecule has 0 aliphatic heterocycles. The summed E-state index contributed by atoms with van der Waals surface area (Å²) in [5, 5.41) is 0. The molecule has 0 atom stereocenters. The van der Waals surface area contributed by atoms with Crippen molar-refractivity contribution in [1.82, 2.24) is 9.97 Å². The molecule has 2 aliphatic carbocycles. The van der Waals surface area contributed by atoms with E-state index in [2.05, 4.69) is 14.9 Å². The van der Waals surface area contributed by atoms with Crippen LogP contribution < -0.4 is 10.6 Å². The predicted octanol–water partition coefficient (Wildman–Crippen LogP) is 2.06. The van der Waals surface area contributed by atoms with Gasteiger partial charge in [0.25, 0.3) is 0 Å². The van der Waals surface area contributed by atoms with Crippen LogP contribution in [0.15, 0.2) is 6.33 Å². The first-order valence-corrected chi connectivity index (χ1v) is 7.69. The fourth-order valence-corrected chi connectivity index (χ4v) is 3.17. The van der Waals surface area contributed by atoms with E-state index in [1.165, 1.54) is 49.2 Å². The molecular weight excluding hydrogens is 236 g/mol. The Kier molecular flexibility index (Phi) is 3.97. The summed E-state index contributed by atoms with van der Waals surface area (Å²) >= 11 is 0. The highest BCUT2D eigenvalue weighted by atomic mass is 15.2. The monoisotopic (exact) mass is 260 g/mol. The molecule has 0 bridgehead atoms. The highest BCUT2D eigenvalue weighted by Gasteiger charge is 2.28. The van der Waals surface area contributed by atoms with Crippen molar-refractivity contribution < 1.29 is 0 Å². The average Bonchev–Trinajstić information content (AvgIpc) is 2.41. The lowest BCUT2D eigenvalue weighted by Crippen LogP contribution is -2.42. The first-order chi connectivity index (χ1) is 9.40. The molecule has 0 aromatic carbocycles. The lowest BCUT2D eigenvalue weighted by Gasteiger charge is -2.40. The molecule has 104 valence electrons. The second kappa shape index (κ2) is 5.87. The summed E-state index contributed by atoms with van der Waals surface area (Å²) in [6, 6.07) is 0.687. The van der Waals surface area contributed by atoms with Gasteiger partial charge >= 0.3 is 0 Å². The van der Waals surface area contributed by atoms with Crippen molar-refractivity contribution in [3.63, 3.8) is 0 Å². The number of aromatic nitrogens is 2. The minimum absolute atomic E-state index is 0.687. The molecule has 3 rings (SSSR count). The highest BCUT2D eigenvalue weighted by Crippen LogP contribution is 2.33. The Morgan fingerprint density at radius 2 is 2.00 bits per heavy atom. The van der Waals surface area contributed by atoms with Crippen molar-refractivity contribution in [2.75, 3.05) is 18.0 Å². The molecule has 4 nitrogen and oxygen atoms in total. The maximum absolute atomic E-state index is 5.69. The van der Waals surface area contributed by atoms with Crippen LogP contribution in [0, 0.1) is 0 Å². The first kappa shape index (κ1) is 12.9. The molecule has 0 amide bonds. The molecule has 0 radical (unpaired) electrons. The largest absolute Gasteiger partial charge is 0.353 e. The zero-order valence-corrected chi connectivity index (χ0v) is 11.6. The van der Waals surface area contributed by atoms with Crippen molar-refractivity contribution in [2.45, 2.75) is 57.4 Å². The zero-order chi connectivity index (χ0) is 13.1. The van der Waals surface area contributed by atoms with Gasteiger partial charge in [-0.05, 0) is 57.9 Å². The van der Waals surface area contributed by atoms with Crippen molar-refractivity contribution in [2.24, 2.45) is 5.73 Å². The number of hydrogen-bond acceptors (Lipinski definition) is 4. The van der Waals surface area contributed by atoms with E-state index in [1.54, 1.807) is 6.33 Å². The summed E-state index contributed by atoms with van der Waals surface area (Å²) in [6.07, 6.45) is 11.6. The first-order valence-electron chi connectivity index (χ1n) is 7.69. The summed E-state index contributed by atoms with van der Waals surface area (Å²) in [5.41, 5.74) is 8.39. The van der Waals surface area contributed by atoms with Gasteiger partial charge in [-0.15, -0.1) is 0 Å². The van der Waals surface area contributed by atoms with Gasteiger partial charge in [-0.2, -0.15) is 0 Å². The van der Waals surface area contributed by atoms with Crippen LogP contribution in [0.2, 0.25) is 0 Å². The Morgan fingerprint density at radius 1 is 1.16 bits per heavy atom. The van der Waals surface area contributed by atoms with E-state index < -0.39 is 0 Å². The van der Waals surface area contributed by atoms with Gasteiger partial charge in [0.05, 0.1) is 0 Å². The second-order valence-electron chi connectivity index (χ2n) is 5.75. The molecule has 0 unspecified atom stereocenters. The lowest BCUT2D eigenvalue weighted by molar-refractivity contribution is 0.381. The average molecular weight is 260 g/mol. The summed E-state index contributed by atoms with van der Waals surface area (Å²) in [7, 11) is 0. The molecule has 1 fully saturated rings. The summed E-state index contributed by atoms with van der Waals surface area (Å²) in [5.74, 6) is 1.21. The molecule has 19 heavy (non-hydrogen) atoms. The van der Waals surface area contributed by atoms with E-state index in [-0.39, 0.29) is 0 Å². The molecular formula is C15H24N4. The summed E-state index contributed by atoms with van der Waals surface area (Å²) in [6.45, 7) is 1.81. The molecule has 2 aliphatic rings. The minimum Gasteiger partial charge on any atom is -0.353 e. The van der Waals surface area contributed by atoms with E-state index in [0.717, 1.165) is 32.4 Å². The Hall–Kier alpha value is -1.16. The van der Waals surface area contributed by atoms with Gasteiger partial charge in [-0.3, -0.25) is 0 Å². The molecule has 1 aromatic rings. The van der Waals surface area contributed by atoms with Crippen molar-refractivity contribution in [1.29, 1.82) is 0 Å². The number of nitrogens with two attached hydrogens (primary N) is 1. The molecule has 0 spiro atoms. The van der Waals surface area contributed by atoms with Crippen LogP contribution >= 0.6 is 0 Å². The third-order valence-corrected chi connectivity index (χ3v) is 4.49. The van der Waals surface area contributed by atoms with Gasteiger partial charge in [0, 0.05) is 23.8 Å². The molecule has 0 saturated heterocycles. The van der Waals surface area contributed by atoms with E-state index in [0.29, 0.717) is 6.04 Å². The zero-order valence-electron chi connectivity index (χ0n) is 11.6. The fraction of sp³-hybridized carbons (Fsp3) is 0.733. The number of aryl methyl sites for hydroxylation is 1. The summed E-state index contributed by atoms with van der Waals surface area (Å²) in [4.78, 5) is 11.6. The maximum Gasteiger partial charge on any atom is 0.135 e. The van der Waals surface area contributed by atoms with Gasteiger partial charge < -0.3 is 10.6 Å². The van der Waals surface area contributed by atoms with Gasteiger partial charge in [-0.1, -0.05) is 0 Å². The van der Waals surface area contributed by atoms with Crippen molar-refractivity contribution in [3.8, 4) is 0 Å². The highest BCUT2D eigenvalue weighted by molar-refractivity contribution is 5.50. The maximum atomic E-state index is 5.69. The van der Waals surface area contributed by atoms with E-state index in [9.17, 15) is 0 Å². The van der Waals surface area contributed by atoms with E-state index in [1.807, 2.05) is 0 Å². The van der Waals surface area contributed by atoms with E-state index in [4.69, 9.17) is 5.73 Å². The Morgan fingerprint density at radius 3 is 2.74 bits per heavy atom. The Bertz CT molecular complexity index is 428. The molecule has 1 aromatic heterocycles. The standard InChI is InChI=1S/C15H24N4/c16-9-4-10-19(12-5-3-6-12)15-13-7-1-2-8-14(13)17-11-18-15/h11-12H,1-10,16H2. The third kappa shape index (κ3) is 2.59. The van der Waals surface area contributed by atoms with Crippen LogP contribution in [0.5, 0.6) is 0 Å². The van der Waals surface area contributed by atoms with Crippen LogP contribution in [0.4, 0.5) is 5.82 Å². The second-order valence-corrected chi connectivity index (χ2v) is 5.75. The number of hydrogen-bond donors (Lipinski definition) is 1. The SMILES string of the molecule is NCCCN(c1ncnc2c1CCCC2)C1CCC1. The van der Waals surface area contributed by atoms with Crippen LogP contribution in [-0.2, 0) is 12.8 Å². The number of nitrogens with zero attached hydrogens (tertiary/aromatic N) is 3. The number of fused-ring (bicyclic) bond motifs is 1. The van der Waals surface area contributed by atoms with Crippen LogP contribution in [0.3, 0.4) is 0 Å². The summed E-state index contributed by atoms with van der Waals surface area (Å²) < 4.78 is 0. The van der Waals surface area contributed by atoms with Crippen molar-refractivity contribution in [3.05, 3.63) is 17.6 Å². The van der Waals surface area contributed by atoms with Crippen LogP contribution in [0.25, 0.3) is 0 Å². The van der Waals surface area contributed by atoms with Crippen LogP contribution in [-0.4, -0.2) is 29.1 Å². The molecule has 4 heteroatoms. The third-order valence-electron chi connectivity index (χ3n) is 4.49. The molecule has 1 saturated carbocycles. The Labute approximate surface area is 115 Å². The molecule has 1 heterocycles. The topological polar surface area (TPSA) is 55.0 Å². The predicted molar refractivity (Wildman–Crippen MR) is 77.3 cm³/mol. The fourth-order valence-electron chi connectivity index (χ4n) is 3.17. The van der Waals surface area contributed by atoms with Gasteiger partial charge in [-0.25, -0.2) is 9.97 Å². The normalized spacial score (nSPS) is 18.8. The minimum atomic E-state index is 0.687. The number of anilines is 1. The smallest absolute Gasteiger partial charge is 0.135 e. The lowest BCUT2D eigenvalue weighted by atomic mass is 9.89. The Balaban J connectivity index is 1.88. The number of rotatable bonds is 5.